The van der Waals surface area contributed by atoms with Gasteiger partial charge in [-0.3, -0.25) is 10.1 Å². The lowest BCUT2D eigenvalue weighted by Crippen LogP contribution is -2.12. The minimum absolute atomic E-state index is 0.237. The molecule has 1 aromatic carbocycles. The average Bonchev–Trinajstić information content (AvgIpc) is 2.71. The number of benzene rings is 1. The van der Waals surface area contributed by atoms with Crippen LogP contribution in [-0.4, -0.2) is 15.3 Å². The zero-order valence-corrected chi connectivity index (χ0v) is 11.5. The van der Waals surface area contributed by atoms with Crippen molar-refractivity contribution < 1.29 is 4.79 Å². The van der Waals surface area contributed by atoms with Gasteiger partial charge in [0.1, 0.15) is 5.82 Å². The second kappa shape index (κ2) is 5.09. The molecule has 5 nitrogen and oxygen atoms in total. The molecule has 0 aliphatic carbocycles. The fourth-order valence-electron chi connectivity index (χ4n) is 1.23. The van der Waals surface area contributed by atoms with Crippen molar-refractivity contribution >= 4 is 51.5 Å². The van der Waals surface area contributed by atoms with Crippen molar-refractivity contribution in [2.24, 2.45) is 0 Å². The number of nitrogens with one attached hydrogen (secondary N) is 1. The van der Waals surface area contributed by atoms with Gasteiger partial charge in [-0.05, 0) is 19.1 Å². The quantitative estimate of drug-likeness (QED) is 0.836. The van der Waals surface area contributed by atoms with Gasteiger partial charge in [0, 0.05) is 17.1 Å². The van der Waals surface area contributed by atoms with Crippen molar-refractivity contribution in [3.8, 4) is 0 Å². The lowest BCUT2D eigenvalue weighted by atomic mass is 10.2. The highest BCUT2D eigenvalue weighted by Crippen LogP contribution is 2.29. The van der Waals surface area contributed by atoms with Crippen LogP contribution in [0.15, 0.2) is 12.1 Å². The number of nitrogen functional groups attached to an aromatic ring is 1. The molecule has 0 saturated heterocycles. The van der Waals surface area contributed by atoms with Crippen LogP contribution >= 0.6 is 34.7 Å². The summed E-state index contributed by atoms with van der Waals surface area (Å²) in [5, 5.41) is 3.49. The number of hydrogen-bond acceptors (Lipinski definition) is 5. The fraction of sp³-hybridized carbons (Fsp3) is 0.100. The van der Waals surface area contributed by atoms with Crippen LogP contribution in [0.5, 0.6) is 0 Å². The zero-order valence-electron chi connectivity index (χ0n) is 9.20. The van der Waals surface area contributed by atoms with Gasteiger partial charge in [-0.1, -0.05) is 23.2 Å². The minimum Gasteiger partial charge on any atom is -0.396 e. The van der Waals surface area contributed by atoms with E-state index >= 15 is 0 Å². The van der Waals surface area contributed by atoms with Crippen molar-refractivity contribution in [3.05, 3.63) is 33.6 Å². The third-order valence-corrected chi connectivity index (χ3v) is 3.44. The Morgan fingerprint density at radius 3 is 2.50 bits per heavy atom. The summed E-state index contributed by atoms with van der Waals surface area (Å²) in [5.41, 5.74) is 6.15. The number of halogens is 2. The molecule has 1 aromatic heterocycles. The largest absolute Gasteiger partial charge is 0.396 e. The lowest BCUT2D eigenvalue weighted by Gasteiger charge is -2.05. The van der Waals surface area contributed by atoms with Crippen molar-refractivity contribution in [3.63, 3.8) is 0 Å². The predicted octanol–water partition coefficient (Wildman–Crippen LogP) is 2.99. The Morgan fingerprint density at radius 1 is 1.39 bits per heavy atom. The Balaban J connectivity index is 2.24. The number of aromatic nitrogens is 2. The first-order chi connectivity index (χ1) is 8.47. The molecule has 1 amide bonds. The number of amides is 1. The van der Waals surface area contributed by atoms with Crippen LogP contribution in [0.25, 0.3) is 0 Å². The summed E-state index contributed by atoms with van der Waals surface area (Å²) in [4.78, 5) is 15.9. The Bertz CT molecular complexity index is 591. The van der Waals surface area contributed by atoms with Crippen LogP contribution in [0.4, 0.5) is 10.8 Å². The van der Waals surface area contributed by atoms with E-state index in [-0.39, 0.29) is 21.6 Å². The van der Waals surface area contributed by atoms with Crippen molar-refractivity contribution in [1.82, 2.24) is 9.36 Å². The molecule has 0 radical (unpaired) electrons. The molecular formula is C10H8Cl2N4OS. The van der Waals surface area contributed by atoms with Gasteiger partial charge in [0.15, 0.2) is 0 Å². The van der Waals surface area contributed by atoms with Gasteiger partial charge in [-0.15, -0.1) is 0 Å². The van der Waals surface area contributed by atoms with Crippen LogP contribution < -0.4 is 11.1 Å². The molecule has 0 unspecified atom stereocenters. The van der Waals surface area contributed by atoms with Crippen molar-refractivity contribution in [2.45, 2.75) is 6.92 Å². The zero-order chi connectivity index (χ0) is 13.3. The normalized spacial score (nSPS) is 10.4. The molecule has 2 aromatic rings. The predicted molar refractivity (Wildman–Crippen MR) is 73.5 cm³/mol. The molecule has 8 heteroatoms. The van der Waals surface area contributed by atoms with Gasteiger partial charge in [-0.25, -0.2) is 4.98 Å². The molecule has 18 heavy (non-hydrogen) atoms. The molecular weight excluding hydrogens is 295 g/mol. The molecule has 94 valence electrons. The smallest absolute Gasteiger partial charge is 0.257 e. The molecule has 0 saturated carbocycles. The second-order valence-electron chi connectivity index (χ2n) is 3.45. The molecule has 0 fully saturated rings. The monoisotopic (exact) mass is 302 g/mol. The first-order valence-electron chi connectivity index (χ1n) is 4.83. The highest BCUT2D eigenvalue weighted by molar-refractivity contribution is 7.09. The van der Waals surface area contributed by atoms with Crippen LogP contribution in [0.1, 0.15) is 16.2 Å². The van der Waals surface area contributed by atoms with Crippen LogP contribution in [0.3, 0.4) is 0 Å². The van der Waals surface area contributed by atoms with Gasteiger partial charge in [0.2, 0.25) is 5.13 Å². The van der Waals surface area contributed by atoms with Gasteiger partial charge in [0.05, 0.1) is 15.7 Å². The van der Waals surface area contributed by atoms with E-state index in [0.29, 0.717) is 16.5 Å². The number of anilines is 2. The standard InChI is InChI=1S/C10H8Cl2N4OS/c1-4-14-10(18-16-4)15-9(17)5-2-6(11)8(13)7(12)3-5/h2-3H,13H2,1H3,(H,14,15,16,17). The highest BCUT2D eigenvalue weighted by Gasteiger charge is 2.13. The van der Waals surface area contributed by atoms with Crippen LogP contribution in [-0.2, 0) is 0 Å². The molecule has 0 spiro atoms. The van der Waals surface area contributed by atoms with E-state index < -0.39 is 0 Å². The number of nitrogens with two attached hydrogens (primary N) is 1. The number of aryl methyl sites for hydroxylation is 1. The first-order valence-corrected chi connectivity index (χ1v) is 6.36. The summed E-state index contributed by atoms with van der Waals surface area (Å²) in [7, 11) is 0. The van der Waals surface area contributed by atoms with Gasteiger partial charge in [0.25, 0.3) is 5.91 Å². The molecule has 0 aliphatic rings. The summed E-state index contributed by atoms with van der Waals surface area (Å²) in [6.45, 7) is 1.74. The van der Waals surface area contributed by atoms with E-state index in [0.717, 1.165) is 11.5 Å². The summed E-state index contributed by atoms with van der Waals surface area (Å²) >= 11 is 12.8. The highest BCUT2D eigenvalue weighted by atomic mass is 35.5. The van der Waals surface area contributed by atoms with E-state index in [4.69, 9.17) is 28.9 Å². The first kappa shape index (κ1) is 13.1. The van der Waals surface area contributed by atoms with Crippen molar-refractivity contribution in [1.29, 1.82) is 0 Å². The lowest BCUT2D eigenvalue weighted by molar-refractivity contribution is 0.102. The molecule has 0 aliphatic heterocycles. The molecule has 2 rings (SSSR count). The van der Waals surface area contributed by atoms with Gasteiger partial charge < -0.3 is 5.73 Å². The number of nitrogens with zero attached hydrogens (tertiary/aromatic N) is 2. The number of carbonyl (C=O) groups excluding carboxylic acids is 1. The number of carbonyl (C=O) groups is 1. The van der Waals surface area contributed by atoms with Crippen LogP contribution in [0, 0.1) is 6.92 Å². The molecule has 1 heterocycles. The maximum absolute atomic E-state index is 11.9. The summed E-state index contributed by atoms with van der Waals surface area (Å²) < 4.78 is 3.96. The van der Waals surface area contributed by atoms with E-state index in [2.05, 4.69) is 14.7 Å². The van der Waals surface area contributed by atoms with Crippen molar-refractivity contribution in [2.75, 3.05) is 11.1 Å². The molecule has 0 atom stereocenters. The number of hydrogen-bond donors (Lipinski definition) is 2. The van der Waals surface area contributed by atoms with E-state index in [1.165, 1.54) is 12.1 Å². The third kappa shape index (κ3) is 2.72. The maximum atomic E-state index is 11.9. The summed E-state index contributed by atoms with van der Waals surface area (Å²) in [6, 6.07) is 2.90. The topological polar surface area (TPSA) is 80.9 Å². The molecule has 0 bridgehead atoms. The van der Waals surface area contributed by atoms with Gasteiger partial charge >= 0.3 is 0 Å². The fourth-order valence-corrected chi connectivity index (χ4v) is 2.29. The third-order valence-electron chi connectivity index (χ3n) is 2.09. The SMILES string of the molecule is Cc1nsc(NC(=O)c2cc(Cl)c(N)c(Cl)c2)n1. The number of rotatable bonds is 2. The van der Waals surface area contributed by atoms with E-state index in [1.54, 1.807) is 6.92 Å². The van der Waals surface area contributed by atoms with Crippen LogP contribution in [0.2, 0.25) is 10.0 Å². The Hall–Kier alpha value is -1.37. The maximum Gasteiger partial charge on any atom is 0.257 e. The molecule has 3 N–H and O–H groups in total. The minimum atomic E-state index is -0.366. The Kier molecular flexibility index (Phi) is 3.70. The second-order valence-corrected chi connectivity index (χ2v) is 5.02. The average molecular weight is 303 g/mol. The van der Waals surface area contributed by atoms with Gasteiger partial charge in [-0.2, -0.15) is 4.37 Å². The summed E-state index contributed by atoms with van der Waals surface area (Å²) in [6.07, 6.45) is 0. The Labute approximate surface area is 117 Å². The van der Waals surface area contributed by atoms with E-state index in [9.17, 15) is 4.79 Å². The Morgan fingerprint density at radius 2 is 2.00 bits per heavy atom. The van der Waals surface area contributed by atoms with E-state index in [1.807, 2.05) is 0 Å². The summed E-state index contributed by atoms with van der Waals surface area (Å²) in [5.74, 6) is 0.235.